The molecule has 1 unspecified atom stereocenters. The van der Waals surface area contributed by atoms with Crippen LogP contribution in [0, 0.1) is 0 Å². The van der Waals surface area contributed by atoms with E-state index in [-0.39, 0.29) is 22.8 Å². The molecule has 1 aliphatic heterocycles. The number of hydrogen-bond acceptors (Lipinski definition) is 4. The average molecular weight is 351 g/mol. The van der Waals surface area contributed by atoms with Crippen LogP contribution in [0.1, 0.15) is 57.6 Å². The van der Waals surface area contributed by atoms with Crippen LogP contribution in [0.3, 0.4) is 0 Å². The Kier molecular flexibility index (Phi) is 5.26. The Bertz CT molecular complexity index is 699. The molecule has 1 fully saturated rings. The fraction of sp³-hybridized carbons (Fsp3) is 0.389. The molecule has 2 aromatic rings. The number of carbonyl (C=O) groups excluding carboxylic acids is 1. The van der Waals surface area contributed by atoms with Gasteiger partial charge in [-0.3, -0.25) is 0 Å². The third-order valence-electron chi connectivity index (χ3n) is 4.46. The summed E-state index contributed by atoms with van der Waals surface area (Å²) < 4.78 is 30.3. The van der Waals surface area contributed by atoms with E-state index in [0.717, 1.165) is 41.9 Å². The number of benzene rings is 1. The van der Waals surface area contributed by atoms with Crippen LogP contribution in [-0.2, 0) is 4.74 Å². The van der Waals surface area contributed by atoms with E-state index in [0.29, 0.717) is 5.56 Å². The largest absolute Gasteiger partial charge is 0.465 e. The van der Waals surface area contributed by atoms with Gasteiger partial charge in [0, 0.05) is 6.04 Å². The number of ether oxygens (including phenoxy) is 1. The Balaban J connectivity index is 1.71. The number of hydrogen-bond donors (Lipinski definition) is 1. The Morgan fingerprint density at radius 3 is 2.67 bits per heavy atom. The van der Waals surface area contributed by atoms with Crippen LogP contribution in [0.4, 0.5) is 8.78 Å². The van der Waals surface area contributed by atoms with Crippen molar-refractivity contribution in [2.24, 2.45) is 0 Å². The minimum atomic E-state index is -2.40. The zero-order chi connectivity index (χ0) is 17.1. The number of esters is 1. The standard InChI is InChI=1S/C18H19F2NO2S/c1-23-18(22)12-4-2-11(3-5-12)15-8-13(6-7-21-15)14-9-16(17(19)20)24-10-14/h2-5,9-10,13,15,17,21H,6-8H2,1H3/t13?,15-/m0/s1. The quantitative estimate of drug-likeness (QED) is 0.813. The summed E-state index contributed by atoms with van der Waals surface area (Å²) in [5.74, 6) is -0.0749. The monoisotopic (exact) mass is 351 g/mol. The van der Waals surface area contributed by atoms with Crippen LogP contribution in [-0.4, -0.2) is 19.6 Å². The molecule has 6 heteroatoms. The topological polar surface area (TPSA) is 38.3 Å². The van der Waals surface area contributed by atoms with Gasteiger partial charge < -0.3 is 10.1 Å². The van der Waals surface area contributed by atoms with E-state index in [1.54, 1.807) is 18.2 Å². The van der Waals surface area contributed by atoms with E-state index in [1.165, 1.54) is 7.11 Å². The van der Waals surface area contributed by atoms with E-state index in [1.807, 2.05) is 17.5 Å². The van der Waals surface area contributed by atoms with Gasteiger partial charge in [-0.1, -0.05) is 12.1 Å². The molecule has 0 aliphatic carbocycles. The smallest absolute Gasteiger partial charge is 0.337 e. The minimum absolute atomic E-state index is 0.141. The molecule has 0 spiro atoms. The second-order valence-corrected chi connectivity index (χ2v) is 6.87. The summed E-state index contributed by atoms with van der Waals surface area (Å²) in [6.45, 7) is 0.841. The van der Waals surface area contributed by atoms with Crippen LogP contribution in [0.15, 0.2) is 35.7 Å². The first-order chi connectivity index (χ1) is 11.6. The van der Waals surface area contributed by atoms with Crippen LogP contribution < -0.4 is 5.32 Å². The molecule has 1 aliphatic rings. The highest BCUT2D eigenvalue weighted by molar-refractivity contribution is 7.10. The highest BCUT2D eigenvalue weighted by Crippen LogP contribution is 2.37. The third-order valence-corrected chi connectivity index (χ3v) is 5.42. The fourth-order valence-electron chi connectivity index (χ4n) is 3.14. The van der Waals surface area contributed by atoms with Gasteiger partial charge in [0.25, 0.3) is 6.43 Å². The predicted octanol–water partition coefficient (Wildman–Crippen LogP) is 4.68. The first-order valence-corrected chi connectivity index (χ1v) is 8.74. The predicted molar refractivity (Wildman–Crippen MR) is 89.8 cm³/mol. The molecule has 2 heterocycles. The molecule has 1 aromatic heterocycles. The van der Waals surface area contributed by atoms with Crippen LogP contribution >= 0.6 is 11.3 Å². The fourth-order valence-corrected chi connectivity index (χ4v) is 3.98. The van der Waals surface area contributed by atoms with Crippen molar-refractivity contribution in [3.63, 3.8) is 0 Å². The Morgan fingerprint density at radius 1 is 1.29 bits per heavy atom. The van der Waals surface area contributed by atoms with E-state index < -0.39 is 6.43 Å². The Morgan fingerprint density at radius 2 is 2.04 bits per heavy atom. The van der Waals surface area contributed by atoms with Crippen molar-refractivity contribution in [2.45, 2.75) is 31.2 Å². The van der Waals surface area contributed by atoms with E-state index >= 15 is 0 Å². The van der Waals surface area contributed by atoms with Crippen LogP contribution in [0.2, 0.25) is 0 Å². The third kappa shape index (κ3) is 3.65. The minimum Gasteiger partial charge on any atom is -0.465 e. The molecule has 24 heavy (non-hydrogen) atoms. The van der Waals surface area contributed by atoms with E-state index in [4.69, 9.17) is 4.74 Å². The Labute approximate surface area is 143 Å². The number of rotatable bonds is 4. The molecular formula is C18H19F2NO2S. The van der Waals surface area contributed by atoms with Gasteiger partial charge in [0.2, 0.25) is 0 Å². The number of thiophene rings is 1. The van der Waals surface area contributed by atoms with Gasteiger partial charge >= 0.3 is 5.97 Å². The van der Waals surface area contributed by atoms with Crippen molar-refractivity contribution in [1.82, 2.24) is 5.32 Å². The molecule has 3 nitrogen and oxygen atoms in total. The van der Waals surface area contributed by atoms with Crippen molar-refractivity contribution < 1.29 is 18.3 Å². The highest BCUT2D eigenvalue weighted by atomic mass is 32.1. The first-order valence-electron chi connectivity index (χ1n) is 7.86. The van der Waals surface area contributed by atoms with Gasteiger partial charge in [-0.2, -0.15) is 0 Å². The molecule has 2 atom stereocenters. The van der Waals surface area contributed by atoms with E-state index in [9.17, 15) is 13.6 Å². The van der Waals surface area contributed by atoms with Gasteiger partial charge in [-0.25, -0.2) is 13.6 Å². The van der Waals surface area contributed by atoms with Crippen molar-refractivity contribution >= 4 is 17.3 Å². The second-order valence-electron chi connectivity index (χ2n) is 5.92. The maximum absolute atomic E-state index is 12.8. The van der Waals surface area contributed by atoms with Crippen molar-refractivity contribution in [2.75, 3.05) is 13.7 Å². The second kappa shape index (κ2) is 7.40. The van der Waals surface area contributed by atoms with Crippen molar-refractivity contribution in [3.05, 3.63) is 57.3 Å². The van der Waals surface area contributed by atoms with Gasteiger partial charge in [-0.15, -0.1) is 11.3 Å². The van der Waals surface area contributed by atoms with Gasteiger partial charge in [0.05, 0.1) is 17.6 Å². The average Bonchev–Trinajstić information content (AvgIpc) is 3.12. The summed E-state index contributed by atoms with van der Waals surface area (Å²) in [6, 6.07) is 9.15. The lowest BCUT2D eigenvalue weighted by Crippen LogP contribution is -2.30. The summed E-state index contributed by atoms with van der Waals surface area (Å²) in [5, 5.41) is 5.32. The molecule has 0 amide bonds. The van der Waals surface area contributed by atoms with Crippen LogP contribution in [0.25, 0.3) is 0 Å². The number of nitrogens with one attached hydrogen (secondary N) is 1. The molecule has 1 aromatic carbocycles. The Hall–Kier alpha value is -1.79. The maximum atomic E-state index is 12.8. The summed E-state index contributed by atoms with van der Waals surface area (Å²) >= 11 is 1.13. The lowest BCUT2D eigenvalue weighted by atomic mass is 9.85. The summed E-state index contributed by atoms with van der Waals surface area (Å²) in [4.78, 5) is 11.6. The maximum Gasteiger partial charge on any atom is 0.337 e. The molecular weight excluding hydrogens is 332 g/mol. The highest BCUT2D eigenvalue weighted by Gasteiger charge is 2.25. The van der Waals surface area contributed by atoms with Crippen LogP contribution in [0.5, 0.6) is 0 Å². The molecule has 0 bridgehead atoms. The van der Waals surface area contributed by atoms with E-state index in [2.05, 4.69) is 5.32 Å². The molecule has 1 saturated heterocycles. The molecule has 0 radical (unpaired) electrons. The van der Waals surface area contributed by atoms with Crippen molar-refractivity contribution in [1.29, 1.82) is 0 Å². The summed E-state index contributed by atoms with van der Waals surface area (Å²) in [5.41, 5.74) is 2.62. The summed E-state index contributed by atoms with van der Waals surface area (Å²) in [7, 11) is 1.36. The first kappa shape index (κ1) is 17.0. The lowest BCUT2D eigenvalue weighted by molar-refractivity contribution is 0.0600. The summed E-state index contributed by atoms with van der Waals surface area (Å²) in [6.07, 6.45) is -0.597. The molecule has 128 valence electrons. The number of halogens is 2. The molecule has 1 N–H and O–H groups in total. The number of piperidine rings is 1. The number of carbonyl (C=O) groups is 1. The van der Waals surface area contributed by atoms with Gasteiger partial charge in [0.1, 0.15) is 0 Å². The van der Waals surface area contributed by atoms with Crippen molar-refractivity contribution in [3.8, 4) is 0 Å². The lowest BCUT2D eigenvalue weighted by Gasteiger charge is -2.30. The van der Waals surface area contributed by atoms with Gasteiger partial charge in [0.15, 0.2) is 0 Å². The SMILES string of the molecule is COC(=O)c1ccc([C@@H]2CC(c3csc(C(F)F)c3)CCN2)cc1. The molecule has 3 rings (SSSR count). The zero-order valence-electron chi connectivity index (χ0n) is 13.3. The number of methoxy groups -OCH3 is 1. The zero-order valence-corrected chi connectivity index (χ0v) is 14.1. The number of alkyl halides is 2. The normalized spacial score (nSPS) is 21.0. The molecule has 0 saturated carbocycles. The van der Waals surface area contributed by atoms with Gasteiger partial charge in [-0.05, 0) is 60.0 Å².